The van der Waals surface area contributed by atoms with Gasteiger partial charge in [-0.05, 0) is 39.0 Å². The molecule has 9 heteroatoms. The number of rotatable bonds is 8. The molecule has 1 atom stereocenters. The Bertz CT molecular complexity index is 1070. The minimum Gasteiger partial charge on any atom is -0.493 e. The molecule has 154 valence electrons. The van der Waals surface area contributed by atoms with Crippen LogP contribution in [0.4, 0.5) is 0 Å². The van der Waals surface area contributed by atoms with E-state index in [-0.39, 0.29) is 28.9 Å². The monoisotopic (exact) mass is 415 g/mol. The second-order valence-electron chi connectivity index (χ2n) is 7.62. The van der Waals surface area contributed by atoms with Crippen molar-refractivity contribution in [2.24, 2.45) is 5.92 Å². The lowest BCUT2D eigenvalue weighted by atomic mass is 10.1. The molecular weight excluding hydrogens is 390 g/mol. The number of hydrogen-bond donors (Lipinski definition) is 1. The molecule has 0 aliphatic heterocycles. The molecule has 0 unspecified atom stereocenters. The molecule has 3 aromatic rings. The van der Waals surface area contributed by atoms with Crippen LogP contribution in [0.1, 0.15) is 68.0 Å². The molecule has 1 aliphatic rings. The summed E-state index contributed by atoms with van der Waals surface area (Å²) < 4.78 is 7.42. The Morgan fingerprint density at radius 1 is 1.34 bits per heavy atom. The third kappa shape index (κ3) is 4.10. The Morgan fingerprint density at radius 2 is 2.14 bits per heavy atom. The Labute approximate surface area is 172 Å². The maximum atomic E-state index is 13.3. The van der Waals surface area contributed by atoms with Crippen molar-refractivity contribution >= 4 is 11.3 Å². The lowest BCUT2D eigenvalue weighted by Crippen LogP contribution is -2.30. The van der Waals surface area contributed by atoms with E-state index in [0.717, 1.165) is 36.4 Å². The first kappa shape index (κ1) is 19.8. The van der Waals surface area contributed by atoms with E-state index < -0.39 is 0 Å². The zero-order valence-corrected chi connectivity index (χ0v) is 17.7. The molecule has 0 radical (unpaired) electrons. The predicted octanol–water partition coefficient (Wildman–Crippen LogP) is 3.67. The minimum atomic E-state index is -0.347. The van der Waals surface area contributed by atoms with E-state index in [2.05, 4.69) is 27.1 Å². The number of nitrogens with zero attached hydrogens (tertiary/aromatic N) is 5. The van der Waals surface area contributed by atoms with Crippen molar-refractivity contribution in [2.75, 3.05) is 0 Å². The SMILES string of the molecule is CCCCc1nc(O)c(-c2nnc(Cc3csc(C)n3)o2)c(=O)n1[C@H](C)C1CC1. The van der Waals surface area contributed by atoms with Crippen molar-refractivity contribution in [3.8, 4) is 17.3 Å². The minimum absolute atomic E-state index is 0.000685. The molecule has 8 nitrogen and oxygen atoms in total. The lowest BCUT2D eigenvalue weighted by Gasteiger charge is -2.19. The summed E-state index contributed by atoms with van der Waals surface area (Å²) in [5, 5.41) is 21.5. The van der Waals surface area contributed by atoms with Crippen LogP contribution in [0.2, 0.25) is 0 Å². The van der Waals surface area contributed by atoms with E-state index >= 15 is 0 Å². The highest BCUT2D eigenvalue weighted by molar-refractivity contribution is 7.09. The zero-order valence-electron chi connectivity index (χ0n) is 16.9. The number of unbranched alkanes of at least 4 members (excludes halogenated alkanes) is 1. The second-order valence-corrected chi connectivity index (χ2v) is 8.68. The van der Waals surface area contributed by atoms with Crippen molar-refractivity contribution in [2.45, 2.75) is 65.3 Å². The quantitative estimate of drug-likeness (QED) is 0.598. The average Bonchev–Trinajstić information content (AvgIpc) is 3.32. The summed E-state index contributed by atoms with van der Waals surface area (Å²) in [6, 6.07) is 0.0292. The lowest BCUT2D eigenvalue weighted by molar-refractivity contribution is 0.407. The van der Waals surface area contributed by atoms with Gasteiger partial charge in [0.15, 0.2) is 5.56 Å². The molecule has 0 amide bonds. The molecule has 29 heavy (non-hydrogen) atoms. The first-order chi connectivity index (χ1) is 14.0. The predicted molar refractivity (Wildman–Crippen MR) is 109 cm³/mol. The number of aryl methyl sites for hydroxylation is 2. The Morgan fingerprint density at radius 3 is 2.79 bits per heavy atom. The van der Waals surface area contributed by atoms with Crippen LogP contribution in [0.25, 0.3) is 11.5 Å². The van der Waals surface area contributed by atoms with Crippen LogP contribution in [0.3, 0.4) is 0 Å². The van der Waals surface area contributed by atoms with E-state index in [4.69, 9.17) is 4.42 Å². The van der Waals surface area contributed by atoms with Gasteiger partial charge in [0.05, 0.1) is 17.1 Å². The van der Waals surface area contributed by atoms with Gasteiger partial charge in [0.2, 0.25) is 11.8 Å². The highest BCUT2D eigenvalue weighted by Crippen LogP contribution is 2.40. The second kappa shape index (κ2) is 8.06. The fraction of sp³-hybridized carbons (Fsp3) is 0.550. The van der Waals surface area contributed by atoms with Gasteiger partial charge in [-0.15, -0.1) is 21.5 Å². The van der Waals surface area contributed by atoms with Crippen LogP contribution in [-0.4, -0.2) is 29.8 Å². The van der Waals surface area contributed by atoms with Crippen LogP contribution < -0.4 is 5.56 Å². The van der Waals surface area contributed by atoms with Gasteiger partial charge in [0, 0.05) is 17.8 Å². The normalized spacial score (nSPS) is 15.0. The largest absolute Gasteiger partial charge is 0.493 e. The van der Waals surface area contributed by atoms with Gasteiger partial charge < -0.3 is 9.52 Å². The summed E-state index contributed by atoms with van der Waals surface area (Å²) in [5.41, 5.74) is 0.494. The van der Waals surface area contributed by atoms with Crippen LogP contribution in [0.15, 0.2) is 14.6 Å². The van der Waals surface area contributed by atoms with Crippen LogP contribution in [-0.2, 0) is 12.8 Å². The molecule has 3 heterocycles. The van der Waals surface area contributed by atoms with Gasteiger partial charge in [0.25, 0.3) is 11.4 Å². The Balaban J connectivity index is 1.71. The first-order valence-electron chi connectivity index (χ1n) is 10.1. The maximum absolute atomic E-state index is 13.3. The fourth-order valence-corrected chi connectivity index (χ4v) is 4.16. The third-order valence-corrected chi connectivity index (χ3v) is 6.14. The smallest absolute Gasteiger partial charge is 0.270 e. The van der Waals surface area contributed by atoms with E-state index in [9.17, 15) is 9.90 Å². The standard InChI is InChI=1S/C20H25N5O3S/c1-4-5-6-15-22-18(26)17(20(27)25(15)11(2)13-7-8-13)19-24-23-16(28-19)9-14-10-29-12(3)21-14/h10-11,13,26H,4-9H2,1-3H3/t11-/m1/s1. The van der Waals surface area contributed by atoms with Gasteiger partial charge in [-0.25, -0.2) is 4.98 Å². The number of aromatic nitrogens is 5. The molecule has 4 rings (SSSR count). The maximum Gasteiger partial charge on any atom is 0.270 e. The third-order valence-electron chi connectivity index (χ3n) is 5.31. The molecule has 0 bridgehead atoms. The summed E-state index contributed by atoms with van der Waals surface area (Å²) in [4.78, 5) is 22.1. The van der Waals surface area contributed by atoms with Crippen molar-refractivity contribution < 1.29 is 9.52 Å². The van der Waals surface area contributed by atoms with Gasteiger partial charge >= 0.3 is 0 Å². The van der Waals surface area contributed by atoms with Crippen molar-refractivity contribution in [1.82, 2.24) is 24.7 Å². The van der Waals surface area contributed by atoms with Gasteiger partial charge in [-0.1, -0.05) is 13.3 Å². The van der Waals surface area contributed by atoms with Crippen LogP contribution in [0, 0.1) is 12.8 Å². The summed E-state index contributed by atoms with van der Waals surface area (Å²) >= 11 is 1.55. The molecule has 3 aromatic heterocycles. The summed E-state index contributed by atoms with van der Waals surface area (Å²) in [7, 11) is 0. The molecule has 0 aromatic carbocycles. The van der Waals surface area contributed by atoms with E-state index in [1.54, 1.807) is 15.9 Å². The molecule has 1 N–H and O–H groups in total. The molecule has 1 saturated carbocycles. The number of aromatic hydroxyl groups is 1. The van der Waals surface area contributed by atoms with Gasteiger partial charge in [-0.3, -0.25) is 9.36 Å². The van der Waals surface area contributed by atoms with Crippen LogP contribution in [0.5, 0.6) is 5.88 Å². The summed E-state index contributed by atoms with van der Waals surface area (Å²) in [5.74, 6) is 1.09. The number of hydrogen-bond acceptors (Lipinski definition) is 8. The molecule has 0 saturated heterocycles. The Hall–Kier alpha value is -2.55. The van der Waals surface area contributed by atoms with E-state index in [1.807, 2.05) is 19.2 Å². The number of thiazole rings is 1. The molecule has 0 spiro atoms. The van der Waals surface area contributed by atoms with Crippen molar-refractivity contribution in [1.29, 1.82) is 0 Å². The van der Waals surface area contributed by atoms with E-state index in [1.165, 1.54) is 0 Å². The van der Waals surface area contributed by atoms with Gasteiger partial charge in [0.1, 0.15) is 5.82 Å². The van der Waals surface area contributed by atoms with E-state index in [0.29, 0.717) is 30.5 Å². The first-order valence-corrected chi connectivity index (χ1v) is 10.9. The summed E-state index contributed by atoms with van der Waals surface area (Å²) in [6.07, 6.45) is 5.13. The molecule has 1 fully saturated rings. The highest BCUT2D eigenvalue weighted by Gasteiger charge is 2.33. The zero-order chi connectivity index (χ0) is 20.5. The topological polar surface area (TPSA) is 107 Å². The molecular formula is C20H25N5O3S. The fourth-order valence-electron chi connectivity index (χ4n) is 3.54. The van der Waals surface area contributed by atoms with Crippen molar-refractivity contribution in [3.05, 3.63) is 38.2 Å². The average molecular weight is 416 g/mol. The molecule has 1 aliphatic carbocycles. The van der Waals surface area contributed by atoms with Gasteiger partial charge in [-0.2, -0.15) is 4.98 Å². The van der Waals surface area contributed by atoms with Crippen molar-refractivity contribution in [3.63, 3.8) is 0 Å². The van der Waals surface area contributed by atoms with Crippen LogP contribution >= 0.6 is 11.3 Å². The highest BCUT2D eigenvalue weighted by atomic mass is 32.1. The Kier molecular flexibility index (Phi) is 5.49. The summed E-state index contributed by atoms with van der Waals surface area (Å²) in [6.45, 7) is 6.06.